The van der Waals surface area contributed by atoms with Crippen LogP contribution in [0.1, 0.15) is 42.3 Å². The summed E-state index contributed by atoms with van der Waals surface area (Å²) in [5.74, 6) is 3.04. The maximum atomic E-state index is 5.90. The monoisotopic (exact) mass is 516 g/mol. The molecule has 0 bridgehead atoms. The largest absolute Gasteiger partial charge is 0.491 e. The van der Waals surface area contributed by atoms with Crippen LogP contribution >= 0.6 is 24.0 Å². The van der Waals surface area contributed by atoms with E-state index in [1.807, 2.05) is 33.8 Å². The third kappa shape index (κ3) is 8.61. The van der Waals surface area contributed by atoms with Crippen LogP contribution in [0.4, 0.5) is 0 Å². The first-order valence-electron chi connectivity index (χ1n) is 9.78. The van der Waals surface area contributed by atoms with Crippen LogP contribution in [-0.4, -0.2) is 37.3 Å². The number of nitrogens with one attached hydrogen (secondary N) is 2. The van der Waals surface area contributed by atoms with Gasteiger partial charge in [-0.3, -0.25) is 0 Å². The fraction of sp³-hybridized carbons (Fsp3) is 0.524. The van der Waals surface area contributed by atoms with Crippen molar-refractivity contribution < 1.29 is 13.9 Å². The van der Waals surface area contributed by atoms with Gasteiger partial charge in [0, 0.05) is 18.7 Å². The number of aryl methyl sites for hydroxylation is 3. The number of nitrogens with zero attached hydrogens (tertiary/aromatic N) is 2. The molecule has 2 N–H and O–H groups in total. The Bertz CT molecular complexity index is 758. The fourth-order valence-corrected chi connectivity index (χ4v) is 2.56. The minimum Gasteiger partial charge on any atom is -0.491 e. The van der Waals surface area contributed by atoms with Crippen molar-refractivity contribution in [1.29, 1.82) is 0 Å². The van der Waals surface area contributed by atoms with E-state index in [0.717, 1.165) is 34.9 Å². The van der Waals surface area contributed by atoms with Crippen LogP contribution in [0.15, 0.2) is 27.6 Å². The third-order valence-electron chi connectivity index (χ3n) is 4.14. The molecule has 0 spiro atoms. The summed E-state index contributed by atoms with van der Waals surface area (Å²) < 4.78 is 16.9. The van der Waals surface area contributed by atoms with Gasteiger partial charge in [0.1, 0.15) is 18.1 Å². The molecule has 1 heterocycles. The number of ether oxygens (including phenoxy) is 2. The van der Waals surface area contributed by atoms with Crippen LogP contribution in [-0.2, 0) is 17.8 Å². The molecule has 29 heavy (non-hydrogen) atoms. The number of hydrogen-bond donors (Lipinski definition) is 2. The topological polar surface area (TPSA) is 80.9 Å². The highest BCUT2D eigenvalue weighted by molar-refractivity contribution is 14.0. The van der Waals surface area contributed by atoms with Gasteiger partial charge >= 0.3 is 0 Å². The molecular formula is C21H33IN4O3. The molecule has 0 fully saturated rings. The van der Waals surface area contributed by atoms with Crippen molar-refractivity contribution in [3.8, 4) is 5.75 Å². The smallest absolute Gasteiger partial charge is 0.214 e. The van der Waals surface area contributed by atoms with Crippen molar-refractivity contribution in [2.24, 2.45) is 4.99 Å². The molecule has 1 aromatic heterocycles. The number of aliphatic imine (C=N–C) groups is 1. The van der Waals surface area contributed by atoms with E-state index >= 15 is 0 Å². The van der Waals surface area contributed by atoms with Crippen molar-refractivity contribution in [3.63, 3.8) is 0 Å². The molecule has 0 aliphatic carbocycles. The van der Waals surface area contributed by atoms with Gasteiger partial charge in [0.2, 0.25) is 5.89 Å². The molecule has 8 heteroatoms. The highest BCUT2D eigenvalue weighted by Crippen LogP contribution is 2.21. The van der Waals surface area contributed by atoms with E-state index in [-0.39, 0.29) is 24.0 Å². The first-order chi connectivity index (χ1) is 13.5. The van der Waals surface area contributed by atoms with Gasteiger partial charge in [-0.1, -0.05) is 12.1 Å². The van der Waals surface area contributed by atoms with Gasteiger partial charge in [-0.25, -0.2) is 9.98 Å². The number of oxazole rings is 1. The lowest BCUT2D eigenvalue weighted by Crippen LogP contribution is -2.36. The summed E-state index contributed by atoms with van der Waals surface area (Å²) in [4.78, 5) is 9.07. The van der Waals surface area contributed by atoms with E-state index < -0.39 is 0 Å². The maximum Gasteiger partial charge on any atom is 0.214 e. The van der Waals surface area contributed by atoms with E-state index in [9.17, 15) is 0 Å². The number of rotatable bonds is 10. The molecule has 0 amide bonds. The second-order valence-corrected chi connectivity index (χ2v) is 6.45. The van der Waals surface area contributed by atoms with Crippen molar-refractivity contribution in [2.45, 2.75) is 47.7 Å². The highest BCUT2D eigenvalue weighted by atomic mass is 127. The summed E-state index contributed by atoms with van der Waals surface area (Å²) in [6, 6.07) is 6.16. The Kier molecular flexibility index (Phi) is 11.7. The van der Waals surface area contributed by atoms with E-state index in [1.54, 1.807) is 0 Å². The van der Waals surface area contributed by atoms with Crippen LogP contribution in [0.3, 0.4) is 0 Å². The molecule has 0 aliphatic rings. The summed E-state index contributed by atoms with van der Waals surface area (Å²) in [7, 11) is 0. The van der Waals surface area contributed by atoms with Crippen LogP contribution in [0.2, 0.25) is 0 Å². The Balaban J connectivity index is 0.00000420. The fourth-order valence-electron chi connectivity index (χ4n) is 2.56. The van der Waals surface area contributed by atoms with Gasteiger partial charge in [0.25, 0.3) is 0 Å². The third-order valence-corrected chi connectivity index (χ3v) is 4.14. The first kappa shape index (κ1) is 25.2. The standard InChI is InChI=1S/C21H32N4O3.HI/c1-6-22-21(24-14-20-25-16(4)17(5)28-20)23-13-18-9-8-15(3)12-19(18)27-11-10-26-7-2;/h8-9,12H,6-7,10-11,13-14H2,1-5H3,(H2,22,23,24);1H. The van der Waals surface area contributed by atoms with Gasteiger partial charge in [0.15, 0.2) is 5.96 Å². The lowest BCUT2D eigenvalue weighted by Gasteiger charge is -2.13. The Morgan fingerprint density at radius 2 is 1.93 bits per heavy atom. The average Bonchev–Trinajstić information content (AvgIpc) is 3.00. The summed E-state index contributed by atoms with van der Waals surface area (Å²) in [6.07, 6.45) is 0. The Labute approximate surface area is 190 Å². The normalized spacial score (nSPS) is 11.1. The second kappa shape index (κ2) is 13.4. The number of aromatic nitrogens is 1. The molecule has 162 valence electrons. The van der Waals surface area contributed by atoms with Gasteiger partial charge in [-0.05, 0) is 46.2 Å². The summed E-state index contributed by atoms with van der Waals surface area (Å²) in [5.41, 5.74) is 3.09. The predicted octanol–water partition coefficient (Wildman–Crippen LogP) is 3.89. The summed E-state index contributed by atoms with van der Waals surface area (Å²) in [5, 5.41) is 6.50. The molecule has 0 saturated carbocycles. The Hall–Kier alpha value is -1.81. The highest BCUT2D eigenvalue weighted by Gasteiger charge is 2.08. The molecule has 0 saturated heterocycles. The molecular weight excluding hydrogens is 483 g/mol. The SMILES string of the molecule is CCNC(=NCc1ccc(C)cc1OCCOCC)NCc1nc(C)c(C)o1.I. The molecule has 0 unspecified atom stereocenters. The second-order valence-electron chi connectivity index (χ2n) is 6.45. The minimum atomic E-state index is 0. The number of hydrogen-bond acceptors (Lipinski definition) is 5. The zero-order valence-corrected chi connectivity index (χ0v) is 20.3. The van der Waals surface area contributed by atoms with Crippen LogP contribution < -0.4 is 15.4 Å². The average molecular weight is 516 g/mol. The lowest BCUT2D eigenvalue weighted by atomic mass is 10.1. The Morgan fingerprint density at radius 1 is 1.14 bits per heavy atom. The van der Waals surface area contributed by atoms with Crippen molar-refractivity contribution in [2.75, 3.05) is 26.4 Å². The van der Waals surface area contributed by atoms with Gasteiger partial charge in [-0.15, -0.1) is 24.0 Å². The van der Waals surface area contributed by atoms with E-state index in [1.165, 1.54) is 0 Å². The summed E-state index contributed by atoms with van der Waals surface area (Å²) in [6.45, 7) is 13.4. The first-order valence-corrected chi connectivity index (χ1v) is 9.78. The number of guanidine groups is 1. The molecule has 7 nitrogen and oxygen atoms in total. The number of halogens is 1. The van der Waals surface area contributed by atoms with E-state index in [4.69, 9.17) is 13.9 Å². The summed E-state index contributed by atoms with van der Waals surface area (Å²) >= 11 is 0. The molecule has 2 rings (SSSR count). The molecule has 1 aromatic carbocycles. The maximum absolute atomic E-state index is 5.90. The van der Waals surface area contributed by atoms with Crippen LogP contribution in [0, 0.1) is 20.8 Å². The van der Waals surface area contributed by atoms with Crippen LogP contribution in [0.5, 0.6) is 5.75 Å². The molecule has 0 aliphatic heterocycles. The van der Waals surface area contributed by atoms with Crippen molar-refractivity contribution in [3.05, 3.63) is 46.7 Å². The van der Waals surface area contributed by atoms with Gasteiger partial charge in [-0.2, -0.15) is 0 Å². The zero-order valence-electron chi connectivity index (χ0n) is 18.0. The van der Waals surface area contributed by atoms with Gasteiger partial charge in [0.05, 0.1) is 25.4 Å². The minimum absolute atomic E-state index is 0. The molecule has 0 radical (unpaired) electrons. The van der Waals surface area contributed by atoms with Crippen LogP contribution in [0.25, 0.3) is 0 Å². The molecule has 0 atom stereocenters. The molecule has 2 aromatic rings. The predicted molar refractivity (Wildman–Crippen MR) is 126 cm³/mol. The zero-order chi connectivity index (χ0) is 20.4. The van der Waals surface area contributed by atoms with E-state index in [2.05, 4.69) is 39.7 Å². The van der Waals surface area contributed by atoms with Gasteiger partial charge < -0.3 is 24.5 Å². The Morgan fingerprint density at radius 3 is 2.59 bits per heavy atom. The van der Waals surface area contributed by atoms with Crippen molar-refractivity contribution in [1.82, 2.24) is 15.6 Å². The number of benzene rings is 1. The van der Waals surface area contributed by atoms with E-state index in [0.29, 0.717) is 44.8 Å². The quantitative estimate of drug-likeness (QED) is 0.216. The lowest BCUT2D eigenvalue weighted by molar-refractivity contribution is 0.110. The van der Waals surface area contributed by atoms with Crippen molar-refractivity contribution >= 4 is 29.9 Å².